The van der Waals surface area contributed by atoms with Crippen LogP contribution in [0.25, 0.3) is 10.9 Å². The Balaban J connectivity index is 2.11. The van der Waals surface area contributed by atoms with Crippen molar-refractivity contribution in [3.63, 3.8) is 0 Å². The molecular weight excluding hydrogens is 370 g/mol. The Bertz CT molecular complexity index is 799. The number of aromatic carboxylic acids is 1. The number of aliphatic carboxylic acids is 1. The Morgan fingerprint density at radius 1 is 1.11 bits per heavy atom. The molecule has 27 heavy (non-hydrogen) atoms. The number of benzene rings is 1. The van der Waals surface area contributed by atoms with Gasteiger partial charge in [0.15, 0.2) is 0 Å². The molecule has 0 atom stereocenters. The summed E-state index contributed by atoms with van der Waals surface area (Å²) in [6, 6.07) is 3.37. The van der Waals surface area contributed by atoms with E-state index in [4.69, 9.17) is 21.4 Å². The van der Waals surface area contributed by atoms with Crippen LogP contribution < -0.4 is 4.74 Å². The highest BCUT2D eigenvalue weighted by atomic mass is 35.5. The minimum atomic E-state index is -1.14. The quantitative estimate of drug-likeness (QED) is 0.425. The number of nitrogens with one attached hydrogen (secondary N) is 1. The predicted molar refractivity (Wildman–Crippen MR) is 105 cm³/mol. The normalized spacial score (nSPS) is 11.0. The SMILES string of the molecule is CCCCCCCCOc1cc(Cl)c2c(CCC(=O)O)c(C(=O)O)[nH]c2c1. The number of ether oxygens (including phenoxy) is 1. The zero-order valence-electron chi connectivity index (χ0n) is 15.5. The molecule has 0 saturated carbocycles. The molecule has 2 rings (SSSR count). The first-order valence-electron chi connectivity index (χ1n) is 9.36. The summed E-state index contributed by atoms with van der Waals surface area (Å²) in [6.45, 7) is 2.76. The maximum atomic E-state index is 11.5. The smallest absolute Gasteiger partial charge is 0.352 e. The summed E-state index contributed by atoms with van der Waals surface area (Å²) in [5, 5.41) is 19.2. The van der Waals surface area contributed by atoms with Crippen LogP contribution in [0.1, 0.15) is 67.9 Å². The number of unbranched alkanes of at least 4 members (excludes halogenated alkanes) is 5. The van der Waals surface area contributed by atoms with E-state index < -0.39 is 11.9 Å². The van der Waals surface area contributed by atoms with Crippen molar-refractivity contribution in [3.05, 3.63) is 28.4 Å². The standard InChI is InChI=1S/C20H26ClNO5/c1-2-3-4-5-6-7-10-27-13-11-15(21)18-14(8-9-17(23)24)19(20(25)26)22-16(18)12-13/h11-12,22H,2-10H2,1H3,(H,23,24)(H,25,26). The lowest BCUT2D eigenvalue weighted by Gasteiger charge is -2.08. The molecular formula is C20H26ClNO5. The Kier molecular flexibility index (Phi) is 7.98. The predicted octanol–water partition coefficient (Wildman–Crippen LogP) is 5.28. The second-order valence-electron chi connectivity index (χ2n) is 6.62. The van der Waals surface area contributed by atoms with E-state index in [0.717, 1.165) is 12.8 Å². The van der Waals surface area contributed by atoms with Crippen LogP contribution in [0.15, 0.2) is 12.1 Å². The number of carboxylic acids is 2. The molecule has 0 fully saturated rings. The molecule has 0 saturated heterocycles. The van der Waals surface area contributed by atoms with Crippen molar-refractivity contribution in [3.8, 4) is 5.75 Å². The third-order valence-electron chi connectivity index (χ3n) is 4.50. The number of carbonyl (C=O) groups is 2. The molecule has 7 heteroatoms. The van der Waals surface area contributed by atoms with E-state index in [1.54, 1.807) is 12.1 Å². The van der Waals surface area contributed by atoms with Crippen LogP contribution in [0.5, 0.6) is 5.75 Å². The Morgan fingerprint density at radius 2 is 1.81 bits per heavy atom. The van der Waals surface area contributed by atoms with Gasteiger partial charge in [-0.3, -0.25) is 4.79 Å². The summed E-state index contributed by atoms with van der Waals surface area (Å²) in [5.41, 5.74) is 0.923. The van der Waals surface area contributed by atoms with Gasteiger partial charge in [-0.1, -0.05) is 50.6 Å². The third-order valence-corrected chi connectivity index (χ3v) is 4.79. The Hall–Kier alpha value is -2.21. The summed E-state index contributed by atoms with van der Waals surface area (Å²) in [5.74, 6) is -1.56. The number of aromatic amines is 1. The van der Waals surface area contributed by atoms with E-state index in [1.807, 2.05) is 0 Å². The zero-order valence-corrected chi connectivity index (χ0v) is 16.3. The number of hydrogen-bond acceptors (Lipinski definition) is 3. The first kappa shape index (κ1) is 21.1. The van der Waals surface area contributed by atoms with Gasteiger partial charge in [0.05, 0.1) is 17.1 Å². The van der Waals surface area contributed by atoms with Crippen LogP contribution in [-0.4, -0.2) is 33.7 Å². The molecule has 1 heterocycles. The van der Waals surface area contributed by atoms with Gasteiger partial charge in [-0.25, -0.2) is 4.79 Å². The number of hydrogen-bond donors (Lipinski definition) is 3. The van der Waals surface area contributed by atoms with E-state index >= 15 is 0 Å². The first-order chi connectivity index (χ1) is 12.9. The van der Waals surface area contributed by atoms with Crippen LogP contribution in [0.3, 0.4) is 0 Å². The molecule has 0 amide bonds. The van der Waals surface area contributed by atoms with Gasteiger partial charge in [-0.2, -0.15) is 0 Å². The molecule has 2 aromatic rings. The zero-order chi connectivity index (χ0) is 19.8. The summed E-state index contributed by atoms with van der Waals surface area (Å²) in [6.07, 6.45) is 6.91. The van der Waals surface area contributed by atoms with E-state index in [2.05, 4.69) is 11.9 Å². The number of H-pyrrole nitrogens is 1. The van der Waals surface area contributed by atoms with Gasteiger partial charge in [0.2, 0.25) is 0 Å². The average molecular weight is 396 g/mol. The summed E-state index contributed by atoms with van der Waals surface area (Å²) in [4.78, 5) is 25.2. The van der Waals surface area contributed by atoms with Crippen molar-refractivity contribution in [2.24, 2.45) is 0 Å². The van der Waals surface area contributed by atoms with E-state index in [-0.39, 0.29) is 18.5 Å². The molecule has 1 aromatic heterocycles. The number of halogens is 1. The second-order valence-corrected chi connectivity index (χ2v) is 7.03. The van der Waals surface area contributed by atoms with Gasteiger partial charge in [0, 0.05) is 17.9 Å². The lowest BCUT2D eigenvalue weighted by molar-refractivity contribution is -0.136. The number of aryl methyl sites for hydroxylation is 1. The molecule has 0 bridgehead atoms. The molecule has 0 aliphatic rings. The highest BCUT2D eigenvalue weighted by Gasteiger charge is 2.20. The Morgan fingerprint density at radius 3 is 2.48 bits per heavy atom. The van der Waals surface area contributed by atoms with E-state index in [9.17, 15) is 14.7 Å². The van der Waals surface area contributed by atoms with Gasteiger partial charge in [0.25, 0.3) is 0 Å². The molecule has 6 nitrogen and oxygen atoms in total. The molecule has 0 radical (unpaired) electrons. The minimum absolute atomic E-state index is 0.0266. The van der Waals surface area contributed by atoms with Gasteiger partial charge < -0.3 is 19.9 Å². The summed E-state index contributed by atoms with van der Waals surface area (Å²) in [7, 11) is 0. The van der Waals surface area contributed by atoms with Crippen LogP contribution in [0.4, 0.5) is 0 Å². The summed E-state index contributed by atoms with van der Waals surface area (Å²) >= 11 is 6.36. The van der Waals surface area contributed by atoms with Gasteiger partial charge >= 0.3 is 11.9 Å². The van der Waals surface area contributed by atoms with Crippen LogP contribution in [0.2, 0.25) is 5.02 Å². The lowest BCUT2D eigenvalue weighted by Crippen LogP contribution is -2.04. The molecule has 148 valence electrons. The third kappa shape index (κ3) is 5.89. The van der Waals surface area contributed by atoms with E-state index in [1.165, 1.54) is 25.7 Å². The number of aromatic nitrogens is 1. The highest BCUT2D eigenvalue weighted by molar-refractivity contribution is 6.36. The molecule has 0 aliphatic carbocycles. The molecule has 1 aromatic carbocycles. The van der Waals surface area contributed by atoms with Crippen molar-refractivity contribution in [1.82, 2.24) is 4.98 Å². The number of rotatable bonds is 12. The fraction of sp³-hybridized carbons (Fsp3) is 0.500. The van der Waals surface area contributed by atoms with Crippen molar-refractivity contribution >= 4 is 34.4 Å². The molecule has 0 spiro atoms. The topological polar surface area (TPSA) is 99.6 Å². The van der Waals surface area contributed by atoms with Crippen LogP contribution >= 0.6 is 11.6 Å². The fourth-order valence-electron chi connectivity index (χ4n) is 3.14. The first-order valence-corrected chi connectivity index (χ1v) is 9.73. The second kappa shape index (κ2) is 10.2. The minimum Gasteiger partial charge on any atom is -0.493 e. The Labute approximate surface area is 163 Å². The van der Waals surface area contributed by atoms with Gasteiger partial charge in [0.1, 0.15) is 11.4 Å². The van der Waals surface area contributed by atoms with Crippen LogP contribution in [0, 0.1) is 0 Å². The van der Waals surface area contributed by atoms with Crippen LogP contribution in [-0.2, 0) is 11.2 Å². The largest absolute Gasteiger partial charge is 0.493 e. The van der Waals surface area contributed by atoms with Gasteiger partial charge in [-0.15, -0.1) is 0 Å². The van der Waals surface area contributed by atoms with Gasteiger partial charge in [-0.05, 0) is 24.5 Å². The number of fused-ring (bicyclic) bond motifs is 1. The maximum Gasteiger partial charge on any atom is 0.352 e. The number of carboxylic acid groups (broad SMARTS) is 2. The fourth-order valence-corrected chi connectivity index (χ4v) is 3.47. The average Bonchev–Trinajstić information content (AvgIpc) is 2.98. The molecule has 0 unspecified atom stereocenters. The lowest BCUT2D eigenvalue weighted by atomic mass is 10.1. The monoisotopic (exact) mass is 395 g/mol. The van der Waals surface area contributed by atoms with Crippen molar-refractivity contribution in [1.29, 1.82) is 0 Å². The maximum absolute atomic E-state index is 11.5. The van der Waals surface area contributed by atoms with E-state index in [0.29, 0.717) is 33.8 Å². The van der Waals surface area contributed by atoms with Crippen molar-refractivity contribution < 1.29 is 24.5 Å². The molecule has 0 aliphatic heterocycles. The van der Waals surface area contributed by atoms with Crippen molar-refractivity contribution in [2.75, 3.05) is 6.61 Å². The van der Waals surface area contributed by atoms with Crippen molar-refractivity contribution in [2.45, 2.75) is 58.3 Å². The molecule has 3 N–H and O–H groups in total. The summed E-state index contributed by atoms with van der Waals surface area (Å²) < 4.78 is 5.76. The highest BCUT2D eigenvalue weighted by Crippen LogP contribution is 2.34.